The van der Waals surface area contributed by atoms with Crippen molar-refractivity contribution in [2.24, 2.45) is 11.3 Å². The van der Waals surface area contributed by atoms with Crippen molar-refractivity contribution in [2.75, 3.05) is 14.2 Å². The van der Waals surface area contributed by atoms with Crippen molar-refractivity contribution in [3.63, 3.8) is 0 Å². The molecule has 0 bridgehead atoms. The molecule has 0 aliphatic heterocycles. The Bertz CT molecular complexity index is 172. The summed E-state index contributed by atoms with van der Waals surface area (Å²) in [6.07, 6.45) is 4.22. The lowest BCUT2D eigenvalue weighted by Crippen LogP contribution is -2.40. The van der Waals surface area contributed by atoms with Crippen LogP contribution in [0.3, 0.4) is 0 Å². The highest BCUT2D eigenvalue weighted by atomic mass is 16.5. The predicted octanol–water partition coefficient (Wildman–Crippen LogP) is 2.86. The van der Waals surface area contributed by atoms with Gasteiger partial charge in [-0.1, -0.05) is 20.8 Å². The van der Waals surface area contributed by atoms with E-state index in [1.165, 1.54) is 12.8 Å². The fraction of sp³-hybridized carbons (Fsp3) is 1.00. The van der Waals surface area contributed by atoms with Crippen LogP contribution in [0.25, 0.3) is 0 Å². The molecule has 0 heterocycles. The number of hydrogen-bond acceptors (Lipinski definition) is 2. The van der Waals surface area contributed by atoms with Crippen molar-refractivity contribution in [3.05, 3.63) is 0 Å². The smallest absolute Gasteiger partial charge is 0.0629 e. The zero-order valence-electron chi connectivity index (χ0n) is 10.2. The van der Waals surface area contributed by atoms with Gasteiger partial charge in [0.1, 0.15) is 0 Å². The minimum Gasteiger partial charge on any atom is -0.381 e. The fourth-order valence-corrected chi connectivity index (χ4v) is 2.56. The van der Waals surface area contributed by atoms with E-state index >= 15 is 0 Å². The average Bonchev–Trinajstić information content (AvgIpc) is 2.15. The molecule has 0 aromatic heterocycles. The fourth-order valence-electron chi connectivity index (χ4n) is 2.56. The molecule has 0 spiro atoms. The third-order valence-corrected chi connectivity index (χ3v) is 3.49. The van der Waals surface area contributed by atoms with E-state index in [4.69, 9.17) is 9.47 Å². The Balaban J connectivity index is 2.61. The minimum atomic E-state index is 0.347. The summed E-state index contributed by atoms with van der Waals surface area (Å²) < 4.78 is 11.0. The van der Waals surface area contributed by atoms with Gasteiger partial charge in [-0.15, -0.1) is 0 Å². The van der Waals surface area contributed by atoms with Gasteiger partial charge in [-0.3, -0.25) is 0 Å². The first-order chi connectivity index (χ1) is 6.49. The predicted molar refractivity (Wildman–Crippen MR) is 58.4 cm³/mol. The van der Waals surface area contributed by atoms with E-state index < -0.39 is 0 Å². The largest absolute Gasteiger partial charge is 0.381 e. The summed E-state index contributed by atoms with van der Waals surface area (Å²) in [5.74, 6) is 0.666. The molecule has 0 N–H and O–H groups in total. The Hall–Kier alpha value is -0.0800. The molecule has 0 saturated heterocycles. The number of rotatable bonds is 2. The van der Waals surface area contributed by atoms with E-state index in [1.54, 1.807) is 7.11 Å². The standard InChI is InChI=1S/C12H24O2/c1-12(2,3)10-7-6-9(13-4)8-11(10)14-5/h9-11H,6-8H2,1-5H3. The SMILES string of the molecule is COC1CCC(C(C)(C)C)C(OC)C1. The molecule has 14 heavy (non-hydrogen) atoms. The van der Waals surface area contributed by atoms with Crippen LogP contribution in [0.2, 0.25) is 0 Å². The number of hydrogen-bond donors (Lipinski definition) is 0. The first kappa shape index (κ1) is 12.0. The average molecular weight is 200 g/mol. The summed E-state index contributed by atoms with van der Waals surface area (Å²) in [5.41, 5.74) is 0.347. The molecular weight excluding hydrogens is 176 g/mol. The topological polar surface area (TPSA) is 18.5 Å². The van der Waals surface area contributed by atoms with E-state index in [2.05, 4.69) is 20.8 Å². The molecule has 0 amide bonds. The Kier molecular flexibility index (Phi) is 3.96. The zero-order valence-corrected chi connectivity index (χ0v) is 10.2. The lowest BCUT2D eigenvalue weighted by Gasteiger charge is -2.41. The van der Waals surface area contributed by atoms with Gasteiger partial charge in [0.2, 0.25) is 0 Å². The van der Waals surface area contributed by atoms with Crippen LogP contribution in [0.5, 0.6) is 0 Å². The van der Waals surface area contributed by atoms with Crippen LogP contribution in [-0.2, 0) is 9.47 Å². The maximum atomic E-state index is 5.58. The van der Waals surface area contributed by atoms with Gasteiger partial charge < -0.3 is 9.47 Å². The van der Waals surface area contributed by atoms with Crippen LogP contribution in [0, 0.1) is 11.3 Å². The van der Waals surface area contributed by atoms with E-state index in [0.29, 0.717) is 23.5 Å². The summed E-state index contributed by atoms with van der Waals surface area (Å²) in [4.78, 5) is 0. The van der Waals surface area contributed by atoms with Crippen LogP contribution in [0.4, 0.5) is 0 Å². The molecule has 1 aliphatic carbocycles. The van der Waals surface area contributed by atoms with Crippen molar-refractivity contribution in [1.29, 1.82) is 0 Å². The third-order valence-electron chi connectivity index (χ3n) is 3.49. The van der Waals surface area contributed by atoms with Gasteiger partial charge in [0, 0.05) is 20.6 Å². The monoisotopic (exact) mass is 200 g/mol. The van der Waals surface area contributed by atoms with E-state index in [-0.39, 0.29) is 0 Å². The maximum absolute atomic E-state index is 5.58. The summed E-state index contributed by atoms with van der Waals surface area (Å²) in [7, 11) is 3.62. The second-order valence-electron chi connectivity index (χ2n) is 5.42. The molecule has 3 atom stereocenters. The highest BCUT2D eigenvalue weighted by molar-refractivity contribution is 4.87. The quantitative estimate of drug-likeness (QED) is 0.682. The molecule has 1 saturated carbocycles. The molecule has 1 rings (SSSR count). The second-order valence-corrected chi connectivity index (χ2v) is 5.42. The van der Waals surface area contributed by atoms with Crippen LogP contribution in [0.1, 0.15) is 40.0 Å². The molecule has 0 aromatic carbocycles. The Labute approximate surface area is 88.0 Å². The molecule has 2 nitrogen and oxygen atoms in total. The van der Waals surface area contributed by atoms with Crippen molar-refractivity contribution in [1.82, 2.24) is 0 Å². The van der Waals surface area contributed by atoms with E-state index in [9.17, 15) is 0 Å². The molecule has 3 unspecified atom stereocenters. The molecule has 1 aliphatic rings. The molecule has 2 heteroatoms. The Morgan fingerprint density at radius 1 is 1.00 bits per heavy atom. The summed E-state index contributed by atoms with van der Waals surface area (Å²) in [6.45, 7) is 6.91. The summed E-state index contributed by atoms with van der Waals surface area (Å²) >= 11 is 0. The van der Waals surface area contributed by atoms with Gasteiger partial charge in [-0.25, -0.2) is 0 Å². The van der Waals surface area contributed by atoms with Gasteiger partial charge in [-0.2, -0.15) is 0 Å². The molecule has 84 valence electrons. The third kappa shape index (κ3) is 2.71. The molecule has 0 aromatic rings. The van der Waals surface area contributed by atoms with Crippen molar-refractivity contribution < 1.29 is 9.47 Å². The molecule has 1 fully saturated rings. The normalized spacial score (nSPS) is 34.5. The summed E-state index contributed by atoms with van der Waals surface area (Å²) in [5, 5.41) is 0. The first-order valence-electron chi connectivity index (χ1n) is 5.54. The zero-order chi connectivity index (χ0) is 10.8. The van der Waals surface area contributed by atoms with Crippen molar-refractivity contribution in [3.8, 4) is 0 Å². The van der Waals surface area contributed by atoms with Gasteiger partial charge in [0.25, 0.3) is 0 Å². The van der Waals surface area contributed by atoms with Gasteiger partial charge >= 0.3 is 0 Å². The van der Waals surface area contributed by atoms with Crippen LogP contribution < -0.4 is 0 Å². The summed E-state index contributed by atoms with van der Waals surface area (Å²) in [6, 6.07) is 0. The van der Waals surface area contributed by atoms with Gasteiger partial charge in [0.15, 0.2) is 0 Å². The lowest BCUT2D eigenvalue weighted by atomic mass is 9.70. The second kappa shape index (κ2) is 4.63. The van der Waals surface area contributed by atoms with Crippen molar-refractivity contribution in [2.45, 2.75) is 52.2 Å². The van der Waals surface area contributed by atoms with Crippen LogP contribution >= 0.6 is 0 Å². The molecular formula is C12H24O2. The highest BCUT2D eigenvalue weighted by Crippen LogP contribution is 2.39. The number of ether oxygens (including phenoxy) is 2. The lowest BCUT2D eigenvalue weighted by molar-refractivity contribution is -0.0706. The van der Waals surface area contributed by atoms with Crippen molar-refractivity contribution >= 4 is 0 Å². The minimum absolute atomic E-state index is 0.347. The first-order valence-corrected chi connectivity index (χ1v) is 5.54. The van der Waals surface area contributed by atoms with Crippen LogP contribution in [-0.4, -0.2) is 26.4 Å². The van der Waals surface area contributed by atoms with Crippen LogP contribution in [0.15, 0.2) is 0 Å². The molecule has 0 radical (unpaired) electrons. The van der Waals surface area contributed by atoms with E-state index in [0.717, 1.165) is 6.42 Å². The van der Waals surface area contributed by atoms with Gasteiger partial charge in [0.05, 0.1) is 12.2 Å². The van der Waals surface area contributed by atoms with Gasteiger partial charge in [-0.05, 0) is 24.2 Å². The Morgan fingerprint density at radius 3 is 2.07 bits per heavy atom. The number of methoxy groups -OCH3 is 2. The Morgan fingerprint density at radius 2 is 1.64 bits per heavy atom. The van der Waals surface area contributed by atoms with E-state index in [1.807, 2.05) is 7.11 Å². The highest BCUT2D eigenvalue weighted by Gasteiger charge is 2.37. The maximum Gasteiger partial charge on any atom is 0.0629 e.